The van der Waals surface area contributed by atoms with Crippen LogP contribution in [0, 0.1) is 0 Å². The van der Waals surface area contributed by atoms with Gasteiger partial charge in [0.25, 0.3) is 5.91 Å². The Bertz CT molecular complexity index is 1380. The minimum atomic E-state index is -3.92. The van der Waals surface area contributed by atoms with Gasteiger partial charge in [-0.2, -0.15) is 0 Å². The molecule has 34 heavy (non-hydrogen) atoms. The molecule has 1 amide bonds. The number of ether oxygens (including phenoxy) is 2. The summed E-state index contributed by atoms with van der Waals surface area (Å²) in [5.41, 5.74) is 1.27. The van der Waals surface area contributed by atoms with Crippen molar-refractivity contribution in [1.82, 2.24) is 4.90 Å². The summed E-state index contributed by atoms with van der Waals surface area (Å²) in [4.78, 5) is 27.6. The van der Waals surface area contributed by atoms with Gasteiger partial charge in [0.15, 0.2) is 17.3 Å². The number of carbonyl (C=O) groups excluding carboxylic acids is 2. The van der Waals surface area contributed by atoms with E-state index in [2.05, 4.69) is 0 Å². The van der Waals surface area contributed by atoms with E-state index >= 15 is 0 Å². The van der Waals surface area contributed by atoms with Crippen molar-refractivity contribution in [3.05, 3.63) is 82.9 Å². The molecule has 1 heterocycles. The topological polar surface area (TPSA) is 90.0 Å². The molecule has 0 bridgehead atoms. The maximum Gasteiger partial charge on any atom is 0.254 e. The van der Waals surface area contributed by atoms with Crippen molar-refractivity contribution in [3.8, 4) is 11.5 Å². The predicted molar refractivity (Wildman–Crippen MR) is 126 cm³/mol. The Hall–Kier alpha value is -3.65. The van der Waals surface area contributed by atoms with Gasteiger partial charge < -0.3 is 14.4 Å². The molecule has 176 valence electrons. The molecule has 8 heteroatoms. The molecule has 3 aromatic rings. The van der Waals surface area contributed by atoms with Gasteiger partial charge in [-0.15, -0.1) is 0 Å². The lowest BCUT2D eigenvalue weighted by Gasteiger charge is -2.23. The first-order chi connectivity index (χ1) is 16.3. The highest BCUT2D eigenvalue weighted by atomic mass is 32.2. The van der Waals surface area contributed by atoms with Gasteiger partial charge >= 0.3 is 0 Å². The second kappa shape index (κ2) is 9.30. The van der Waals surface area contributed by atoms with Gasteiger partial charge in [0.2, 0.25) is 9.84 Å². The summed E-state index contributed by atoms with van der Waals surface area (Å²) in [6.07, 6.45) is 0. The second-order valence-electron chi connectivity index (χ2n) is 7.78. The molecule has 0 saturated carbocycles. The highest BCUT2D eigenvalue weighted by Crippen LogP contribution is 2.35. The van der Waals surface area contributed by atoms with Crippen molar-refractivity contribution in [2.45, 2.75) is 30.2 Å². The van der Waals surface area contributed by atoms with Crippen molar-refractivity contribution in [2.24, 2.45) is 0 Å². The van der Waals surface area contributed by atoms with Crippen molar-refractivity contribution in [3.63, 3.8) is 0 Å². The number of rotatable bonds is 7. The molecular formula is C26H25NO6S. The maximum absolute atomic E-state index is 13.3. The molecule has 0 radical (unpaired) electrons. The van der Waals surface area contributed by atoms with E-state index in [0.717, 1.165) is 5.56 Å². The van der Waals surface area contributed by atoms with E-state index in [0.29, 0.717) is 31.2 Å². The Morgan fingerprint density at radius 2 is 1.65 bits per heavy atom. The first-order valence-electron chi connectivity index (χ1n) is 10.9. The lowest BCUT2D eigenvalue weighted by atomic mass is 10.0. The lowest BCUT2D eigenvalue weighted by Crippen LogP contribution is -2.31. The van der Waals surface area contributed by atoms with Crippen LogP contribution in [0.1, 0.15) is 45.7 Å². The number of ketones is 1. The third-order valence-electron chi connectivity index (χ3n) is 5.75. The Labute approximate surface area is 198 Å². The summed E-state index contributed by atoms with van der Waals surface area (Å²) in [5.74, 6) is 0.487. The van der Waals surface area contributed by atoms with Crippen molar-refractivity contribution >= 4 is 21.5 Å². The summed E-state index contributed by atoms with van der Waals surface area (Å²) in [7, 11) is -2.37. The Morgan fingerprint density at radius 3 is 2.35 bits per heavy atom. The molecule has 0 saturated heterocycles. The van der Waals surface area contributed by atoms with Crippen LogP contribution in [0.4, 0.5) is 0 Å². The van der Waals surface area contributed by atoms with Gasteiger partial charge in [0.1, 0.15) is 0 Å². The van der Waals surface area contributed by atoms with Crippen molar-refractivity contribution in [1.29, 1.82) is 0 Å². The van der Waals surface area contributed by atoms with Crippen LogP contribution in [0.25, 0.3) is 0 Å². The van der Waals surface area contributed by atoms with E-state index in [1.165, 1.54) is 30.3 Å². The molecule has 0 N–H and O–H groups in total. The van der Waals surface area contributed by atoms with E-state index < -0.39 is 9.84 Å². The normalized spacial score (nSPS) is 13.6. The maximum atomic E-state index is 13.3. The number of benzene rings is 3. The lowest BCUT2D eigenvalue weighted by molar-refractivity contribution is 0.0751. The molecule has 0 atom stereocenters. The minimum absolute atomic E-state index is 0.0362. The number of hydrogen-bond acceptors (Lipinski definition) is 6. The highest BCUT2D eigenvalue weighted by Gasteiger charge is 2.35. The van der Waals surface area contributed by atoms with Crippen LogP contribution in [0.15, 0.2) is 70.5 Å². The monoisotopic (exact) mass is 479 g/mol. The summed E-state index contributed by atoms with van der Waals surface area (Å²) in [6.45, 7) is 4.93. The van der Waals surface area contributed by atoms with Crippen LogP contribution in [0.2, 0.25) is 0 Å². The minimum Gasteiger partial charge on any atom is -0.493 e. The molecular weight excluding hydrogens is 454 g/mol. The molecule has 0 aromatic heterocycles. The van der Waals surface area contributed by atoms with Crippen LogP contribution in [-0.2, 0) is 16.4 Å². The van der Waals surface area contributed by atoms with Crippen LogP contribution in [-0.4, -0.2) is 45.3 Å². The Balaban J connectivity index is 1.66. The molecule has 1 aliphatic rings. The molecule has 7 nitrogen and oxygen atoms in total. The van der Waals surface area contributed by atoms with Gasteiger partial charge in [-0.3, -0.25) is 9.59 Å². The predicted octanol–water partition coefficient (Wildman–Crippen LogP) is 4.13. The van der Waals surface area contributed by atoms with Gasteiger partial charge in [-0.05, 0) is 61.9 Å². The van der Waals surface area contributed by atoms with Crippen molar-refractivity contribution in [2.75, 3.05) is 20.3 Å². The van der Waals surface area contributed by atoms with E-state index in [9.17, 15) is 18.0 Å². The SMILES string of the molecule is CCOc1ccc(CN(CC)C(=O)c2ccc3c(c2)S(=O)(=O)c2ccccc2C3=O)cc1OC. The molecule has 4 rings (SSSR count). The fraction of sp³-hybridized carbons (Fsp3) is 0.231. The van der Waals surface area contributed by atoms with E-state index in [1.54, 1.807) is 30.2 Å². The molecule has 0 unspecified atom stereocenters. The molecule has 0 spiro atoms. The zero-order chi connectivity index (χ0) is 24.5. The molecule has 1 aliphatic heterocycles. The third kappa shape index (κ3) is 4.05. The standard InChI is InChI=1S/C26H25NO6S/c1-4-27(16-17-10-13-21(33-5-2)22(14-17)32-3)26(29)18-11-12-20-24(15-18)34(30,31)23-9-7-6-8-19(23)25(20)28/h6-15H,4-5,16H2,1-3H3. The van der Waals surface area contributed by atoms with E-state index in [4.69, 9.17) is 9.47 Å². The van der Waals surface area contributed by atoms with Crippen LogP contribution in [0.5, 0.6) is 11.5 Å². The Kier molecular flexibility index (Phi) is 6.43. The van der Waals surface area contributed by atoms with Gasteiger partial charge in [0.05, 0.1) is 23.5 Å². The average Bonchev–Trinajstić information content (AvgIpc) is 2.86. The fourth-order valence-electron chi connectivity index (χ4n) is 4.03. The van der Waals surface area contributed by atoms with E-state index in [-0.39, 0.29) is 38.2 Å². The van der Waals surface area contributed by atoms with E-state index in [1.807, 2.05) is 26.0 Å². The summed E-state index contributed by atoms with van der Waals surface area (Å²) in [6, 6.07) is 15.8. The number of sulfone groups is 1. The number of methoxy groups -OCH3 is 1. The largest absolute Gasteiger partial charge is 0.493 e. The number of nitrogens with zero attached hydrogens (tertiary/aromatic N) is 1. The quantitative estimate of drug-likeness (QED) is 0.396. The van der Waals surface area contributed by atoms with Crippen LogP contribution >= 0.6 is 0 Å². The summed E-state index contributed by atoms with van der Waals surface area (Å²) >= 11 is 0. The number of amides is 1. The molecule has 0 fully saturated rings. The van der Waals surface area contributed by atoms with Crippen LogP contribution in [0.3, 0.4) is 0 Å². The summed E-state index contributed by atoms with van der Waals surface area (Å²) < 4.78 is 37.3. The fourth-order valence-corrected chi connectivity index (χ4v) is 5.71. The number of carbonyl (C=O) groups is 2. The number of hydrogen-bond donors (Lipinski definition) is 0. The first kappa shape index (κ1) is 23.5. The Morgan fingerprint density at radius 1 is 0.912 bits per heavy atom. The molecule has 3 aromatic carbocycles. The highest BCUT2D eigenvalue weighted by molar-refractivity contribution is 7.91. The zero-order valence-electron chi connectivity index (χ0n) is 19.2. The average molecular weight is 480 g/mol. The first-order valence-corrected chi connectivity index (χ1v) is 12.4. The van der Waals surface area contributed by atoms with Gasteiger partial charge in [-0.1, -0.05) is 18.2 Å². The van der Waals surface area contributed by atoms with Gasteiger partial charge in [-0.25, -0.2) is 8.42 Å². The number of fused-ring (bicyclic) bond motifs is 2. The molecule has 0 aliphatic carbocycles. The van der Waals surface area contributed by atoms with Crippen LogP contribution < -0.4 is 9.47 Å². The second-order valence-corrected chi connectivity index (χ2v) is 9.66. The smallest absolute Gasteiger partial charge is 0.254 e. The van der Waals surface area contributed by atoms with Gasteiger partial charge in [0, 0.05) is 29.8 Å². The van der Waals surface area contributed by atoms with Crippen molar-refractivity contribution < 1.29 is 27.5 Å². The summed E-state index contributed by atoms with van der Waals surface area (Å²) in [5, 5.41) is 0. The third-order valence-corrected chi connectivity index (χ3v) is 7.61. The zero-order valence-corrected chi connectivity index (χ0v) is 20.0.